The summed E-state index contributed by atoms with van der Waals surface area (Å²) in [5.74, 6) is 2.47. The van der Waals surface area contributed by atoms with Crippen LogP contribution >= 0.6 is 11.8 Å². The molecule has 1 aliphatic heterocycles. The Morgan fingerprint density at radius 3 is 2.57 bits per heavy atom. The zero-order valence-electron chi connectivity index (χ0n) is 16.7. The van der Waals surface area contributed by atoms with Gasteiger partial charge in [0.1, 0.15) is 5.82 Å². The highest BCUT2D eigenvalue weighted by Crippen LogP contribution is 2.84. The number of halogens is 1. The Kier molecular flexibility index (Phi) is 4.04. The van der Waals surface area contributed by atoms with Crippen molar-refractivity contribution in [2.45, 2.75) is 48.1 Å². The van der Waals surface area contributed by atoms with E-state index in [9.17, 15) is 17.6 Å². The van der Waals surface area contributed by atoms with Gasteiger partial charge in [-0.05, 0) is 68.2 Å². The fourth-order valence-corrected chi connectivity index (χ4v) is 10.2. The number of rotatable bonds is 6. The van der Waals surface area contributed by atoms with Gasteiger partial charge in [-0.2, -0.15) is 0 Å². The average Bonchev–Trinajstić information content (AvgIpc) is 3.37. The SMILES string of the molecule is O=C(CNC12CC3CC4(NS(=O)(=O)c5ccc(F)cc5)CC(C1)C24C3)N1CCSC1. The van der Waals surface area contributed by atoms with Crippen LogP contribution in [0, 0.1) is 23.1 Å². The highest BCUT2D eigenvalue weighted by Gasteiger charge is 2.87. The second-order valence-electron chi connectivity index (χ2n) is 9.83. The molecule has 5 fully saturated rings. The number of fused-ring (bicyclic) bond motifs is 1. The van der Waals surface area contributed by atoms with Crippen molar-refractivity contribution in [1.82, 2.24) is 14.9 Å². The number of amides is 1. The smallest absolute Gasteiger partial charge is 0.241 e. The molecule has 2 N–H and O–H groups in total. The summed E-state index contributed by atoms with van der Waals surface area (Å²) in [6.45, 7) is 1.15. The standard InChI is InChI=1S/C21H26FN3O3S2/c22-16-1-3-17(4-2-16)30(27,28)24-20-8-14-7-19(10-15(11-20)21(19,20)9-14)23-12-18(26)25-5-6-29-13-25/h1-4,14-15,23-24H,5-13H2. The first kappa shape index (κ1) is 19.5. The second kappa shape index (κ2) is 6.21. The second-order valence-corrected chi connectivity index (χ2v) is 12.6. The van der Waals surface area contributed by atoms with Crippen LogP contribution in [0.25, 0.3) is 0 Å². The third-order valence-electron chi connectivity index (χ3n) is 8.62. The molecule has 30 heavy (non-hydrogen) atoms. The molecule has 162 valence electrons. The lowest BCUT2D eigenvalue weighted by Gasteiger charge is -2.77. The maximum Gasteiger partial charge on any atom is 0.241 e. The van der Waals surface area contributed by atoms with Crippen molar-refractivity contribution in [3.8, 4) is 0 Å². The number of nitrogens with one attached hydrogen (secondary N) is 2. The van der Waals surface area contributed by atoms with E-state index < -0.39 is 21.4 Å². The lowest BCUT2D eigenvalue weighted by molar-refractivity contribution is -0.226. The molecule has 1 aromatic rings. The van der Waals surface area contributed by atoms with Crippen molar-refractivity contribution in [3.63, 3.8) is 0 Å². The third kappa shape index (κ3) is 2.38. The molecular formula is C21H26FN3O3S2. The van der Waals surface area contributed by atoms with Crippen LogP contribution in [0.3, 0.4) is 0 Å². The van der Waals surface area contributed by atoms with E-state index in [1.807, 2.05) is 4.90 Å². The largest absolute Gasteiger partial charge is 0.332 e. The Hall–Kier alpha value is -1.16. The Balaban J connectivity index is 1.23. The molecule has 1 aromatic carbocycles. The van der Waals surface area contributed by atoms with E-state index in [0.29, 0.717) is 18.4 Å². The van der Waals surface area contributed by atoms with Gasteiger partial charge >= 0.3 is 0 Å². The number of hydrogen-bond donors (Lipinski definition) is 2. The van der Waals surface area contributed by atoms with E-state index in [0.717, 1.165) is 50.3 Å². The summed E-state index contributed by atoms with van der Waals surface area (Å²) in [6.07, 6.45) is 4.83. The minimum absolute atomic E-state index is 0.0855. The van der Waals surface area contributed by atoms with E-state index in [4.69, 9.17) is 0 Å². The number of carbonyl (C=O) groups is 1. The fraction of sp³-hybridized carbons (Fsp3) is 0.667. The molecule has 0 aromatic heterocycles. The van der Waals surface area contributed by atoms with Crippen LogP contribution in [0.5, 0.6) is 0 Å². The number of thioether (sulfide) groups is 1. The van der Waals surface area contributed by atoms with Crippen LogP contribution in [0.1, 0.15) is 32.1 Å². The quantitative estimate of drug-likeness (QED) is 0.691. The molecule has 6 nitrogen and oxygen atoms in total. The van der Waals surface area contributed by atoms with Crippen molar-refractivity contribution >= 4 is 27.7 Å². The summed E-state index contributed by atoms with van der Waals surface area (Å²) >= 11 is 1.78. The maximum absolute atomic E-state index is 13.3. The molecule has 5 unspecified atom stereocenters. The number of carbonyl (C=O) groups excluding carboxylic acids is 1. The number of hydrogen-bond acceptors (Lipinski definition) is 5. The molecule has 4 aliphatic carbocycles. The van der Waals surface area contributed by atoms with Gasteiger partial charge in [-0.25, -0.2) is 17.5 Å². The van der Waals surface area contributed by atoms with E-state index in [1.54, 1.807) is 11.8 Å². The van der Waals surface area contributed by atoms with Gasteiger partial charge in [0.15, 0.2) is 0 Å². The predicted molar refractivity (Wildman–Crippen MR) is 112 cm³/mol. The minimum Gasteiger partial charge on any atom is -0.332 e. The molecule has 6 rings (SSSR count). The summed E-state index contributed by atoms with van der Waals surface area (Å²) in [7, 11) is -3.72. The van der Waals surface area contributed by atoms with E-state index in [2.05, 4.69) is 10.0 Å². The molecule has 1 heterocycles. The van der Waals surface area contributed by atoms with Crippen molar-refractivity contribution < 1.29 is 17.6 Å². The van der Waals surface area contributed by atoms with E-state index >= 15 is 0 Å². The lowest BCUT2D eigenvalue weighted by atomic mass is 9.32. The van der Waals surface area contributed by atoms with Crippen LogP contribution in [0.4, 0.5) is 4.39 Å². The van der Waals surface area contributed by atoms with Crippen molar-refractivity contribution in [2.75, 3.05) is 24.7 Å². The van der Waals surface area contributed by atoms with Gasteiger partial charge in [0.2, 0.25) is 15.9 Å². The molecule has 5 aliphatic rings. The van der Waals surface area contributed by atoms with Gasteiger partial charge < -0.3 is 10.2 Å². The highest BCUT2D eigenvalue weighted by atomic mass is 32.2. The first-order valence-corrected chi connectivity index (χ1v) is 13.3. The molecular weight excluding hydrogens is 425 g/mol. The van der Waals surface area contributed by atoms with Crippen LogP contribution in [-0.4, -0.2) is 55.0 Å². The first-order valence-electron chi connectivity index (χ1n) is 10.7. The van der Waals surface area contributed by atoms with Gasteiger partial charge in [0.25, 0.3) is 0 Å². The van der Waals surface area contributed by atoms with Gasteiger partial charge in [-0.3, -0.25) is 4.79 Å². The lowest BCUT2D eigenvalue weighted by Crippen LogP contribution is -2.86. The summed E-state index contributed by atoms with van der Waals surface area (Å²) in [5.41, 5.74) is -0.657. The van der Waals surface area contributed by atoms with Crippen molar-refractivity contribution in [2.24, 2.45) is 17.3 Å². The third-order valence-corrected chi connectivity index (χ3v) is 11.1. The Morgan fingerprint density at radius 1 is 1.13 bits per heavy atom. The zero-order valence-corrected chi connectivity index (χ0v) is 18.3. The van der Waals surface area contributed by atoms with E-state index in [-0.39, 0.29) is 21.8 Å². The summed E-state index contributed by atoms with van der Waals surface area (Å²) in [6, 6.07) is 5.03. The van der Waals surface area contributed by atoms with Crippen LogP contribution < -0.4 is 10.0 Å². The summed E-state index contributed by atoms with van der Waals surface area (Å²) in [4.78, 5) is 14.6. The van der Waals surface area contributed by atoms with Crippen molar-refractivity contribution in [3.05, 3.63) is 30.1 Å². The summed E-state index contributed by atoms with van der Waals surface area (Å²) < 4.78 is 42.5. The summed E-state index contributed by atoms with van der Waals surface area (Å²) in [5, 5.41) is 3.63. The molecule has 1 saturated heterocycles. The minimum atomic E-state index is -3.72. The molecule has 5 atom stereocenters. The maximum atomic E-state index is 13.3. The predicted octanol–water partition coefficient (Wildman–Crippen LogP) is 1.93. The molecule has 2 bridgehead atoms. The Labute approximate surface area is 180 Å². The van der Waals surface area contributed by atoms with Gasteiger partial charge in [0.05, 0.1) is 17.3 Å². The number of benzene rings is 1. The van der Waals surface area contributed by atoms with Crippen LogP contribution in [0.2, 0.25) is 0 Å². The van der Waals surface area contributed by atoms with Gasteiger partial charge in [-0.15, -0.1) is 11.8 Å². The molecule has 4 saturated carbocycles. The molecule has 1 spiro atoms. The topological polar surface area (TPSA) is 78.5 Å². The Bertz CT molecular complexity index is 1010. The average molecular weight is 452 g/mol. The first-order chi connectivity index (χ1) is 14.3. The van der Waals surface area contributed by atoms with Crippen LogP contribution in [-0.2, 0) is 14.8 Å². The van der Waals surface area contributed by atoms with Crippen molar-refractivity contribution in [1.29, 1.82) is 0 Å². The van der Waals surface area contributed by atoms with E-state index in [1.165, 1.54) is 24.3 Å². The molecule has 1 amide bonds. The number of sulfonamides is 1. The highest BCUT2D eigenvalue weighted by molar-refractivity contribution is 7.99. The fourth-order valence-electron chi connectivity index (χ4n) is 7.72. The zero-order chi connectivity index (χ0) is 20.8. The van der Waals surface area contributed by atoms with Crippen LogP contribution in [0.15, 0.2) is 29.2 Å². The molecule has 9 heteroatoms. The van der Waals surface area contributed by atoms with Gasteiger partial charge in [0, 0.05) is 28.8 Å². The number of nitrogens with zero attached hydrogens (tertiary/aromatic N) is 1. The monoisotopic (exact) mass is 451 g/mol. The normalized spacial score (nSPS) is 40.8. The van der Waals surface area contributed by atoms with Gasteiger partial charge in [-0.1, -0.05) is 0 Å². The Morgan fingerprint density at radius 2 is 1.87 bits per heavy atom. The molecule has 0 radical (unpaired) electrons.